The summed E-state index contributed by atoms with van der Waals surface area (Å²) in [5, 5.41) is 10.6. The van der Waals surface area contributed by atoms with Gasteiger partial charge in [-0.2, -0.15) is 0 Å². The number of carbonyl (C=O) groups is 1. The van der Waals surface area contributed by atoms with Crippen LogP contribution in [0.5, 0.6) is 0 Å². The molecule has 0 aliphatic heterocycles. The average molecular weight is 244 g/mol. The number of nitrogens with zero attached hydrogens (tertiary/aromatic N) is 1. The molecule has 1 heterocycles. The Hall–Kier alpha value is -2.43. The van der Waals surface area contributed by atoms with Gasteiger partial charge in [0, 0.05) is 23.9 Å². The molecule has 0 amide bonds. The van der Waals surface area contributed by atoms with Gasteiger partial charge in [0.25, 0.3) is 5.69 Å². The summed E-state index contributed by atoms with van der Waals surface area (Å²) in [6.45, 7) is 1.99. The van der Waals surface area contributed by atoms with Crippen LogP contribution in [0.4, 0.5) is 5.69 Å². The number of aldehydes is 1. The second kappa shape index (κ2) is 4.83. The minimum absolute atomic E-state index is 0.0417. The molecule has 92 valence electrons. The molecule has 0 saturated carbocycles. The largest absolute Gasteiger partial charge is 0.358 e. The summed E-state index contributed by atoms with van der Waals surface area (Å²) < 4.78 is 0. The van der Waals surface area contributed by atoms with Crippen molar-refractivity contribution >= 4 is 12.0 Å². The van der Waals surface area contributed by atoms with E-state index >= 15 is 0 Å². The number of hydrogen-bond acceptors (Lipinski definition) is 3. The van der Waals surface area contributed by atoms with Gasteiger partial charge in [-0.3, -0.25) is 14.9 Å². The monoisotopic (exact) mass is 244 g/mol. The van der Waals surface area contributed by atoms with E-state index in [4.69, 9.17) is 0 Å². The number of nitro groups is 1. The van der Waals surface area contributed by atoms with E-state index in [1.54, 1.807) is 18.3 Å². The Balaban J connectivity index is 2.50. The number of aryl methyl sites for hydroxylation is 1. The molecule has 5 heteroatoms. The zero-order chi connectivity index (χ0) is 13.1. The Morgan fingerprint density at radius 3 is 2.50 bits per heavy atom. The third-order valence-electron chi connectivity index (χ3n) is 2.86. The van der Waals surface area contributed by atoms with Crippen LogP contribution >= 0.6 is 0 Å². The smallest absolute Gasteiger partial charge is 0.269 e. The SMILES string of the molecule is CCc1c[nH]c(C=O)c1-c1ccc([N+](=O)[O-])cc1. The second-order valence-corrected chi connectivity index (χ2v) is 3.88. The van der Waals surface area contributed by atoms with Crippen LogP contribution in [-0.4, -0.2) is 16.2 Å². The number of nitro benzene ring substituents is 1. The zero-order valence-corrected chi connectivity index (χ0v) is 9.84. The van der Waals surface area contributed by atoms with E-state index in [0.29, 0.717) is 5.69 Å². The highest BCUT2D eigenvalue weighted by molar-refractivity contribution is 5.87. The summed E-state index contributed by atoms with van der Waals surface area (Å²) >= 11 is 0. The lowest BCUT2D eigenvalue weighted by atomic mass is 10.0. The number of non-ortho nitro benzene ring substituents is 1. The lowest BCUT2D eigenvalue weighted by Crippen LogP contribution is -1.90. The van der Waals surface area contributed by atoms with E-state index in [-0.39, 0.29) is 5.69 Å². The fourth-order valence-electron chi connectivity index (χ4n) is 1.94. The normalized spacial score (nSPS) is 10.3. The Morgan fingerprint density at radius 1 is 1.33 bits per heavy atom. The van der Waals surface area contributed by atoms with Crippen LogP contribution in [0.2, 0.25) is 0 Å². The zero-order valence-electron chi connectivity index (χ0n) is 9.84. The van der Waals surface area contributed by atoms with Gasteiger partial charge >= 0.3 is 0 Å². The molecular weight excluding hydrogens is 232 g/mol. The number of nitrogens with one attached hydrogen (secondary N) is 1. The minimum Gasteiger partial charge on any atom is -0.358 e. The van der Waals surface area contributed by atoms with E-state index in [9.17, 15) is 14.9 Å². The first-order chi connectivity index (χ1) is 8.67. The maximum atomic E-state index is 11.0. The van der Waals surface area contributed by atoms with Gasteiger partial charge in [0.1, 0.15) is 0 Å². The van der Waals surface area contributed by atoms with E-state index in [1.165, 1.54) is 12.1 Å². The van der Waals surface area contributed by atoms with Gasteiger partial charge in [0.05, 0.1) is 10.6 Å². The van der Waals surface area contributed by atoms with Crippen molar-refractivity contribution in [3.63, 3.8) is 0 Å². The van der Waals surface area contributed by atoms with Gasteiger partial charge in [-0.1, -0.05) is 6.92 Å². The standard InChI is InChI=1S/C13H12N2O3/c1-2-9-7-14-12(8-16)13(9)10-3-5-11(6-4-10)15(17)18/h3-8,14H,2H2,1H3. The van der Waals surface area contributed by atoms with Crippen LogP contribution < -0.4 is 0 Å². The van der Waals surface area contributed by atoms with E-state index in [2.05, 4.69) is 4.98 Å². The Labute approximate surface area is 104 Å². The predicted molar refractivity (Wildman–Crippen MR) is 67.6 cm³/mol. The van der Waals surface area contributed by atoms with Crippen LogP contribution in [0.15, 0.2) is 30.5 Å². The lowest BCUT2D eigenvalue weighted by molar-refractivity contribution is -0.384. The number of carbonyl (C=O) groups excluding carboxylic acids is 1. The highest BCUT2D eigenvalue weighted by Gasteiger charge is 2.13. The summed E-state index contributed by atoms with van der Waals surface area (Å²) in [5.41, 5.74) is 3.19. The first-order valence-corrected chi connectivity index (χ1v) is 5.57. The van der Waals surface area contributed by atoms with E-state index < -0.39 is 4.92 Å². The topological polar surface area (TPSA) is 76.0 Å². The van der Waals surface area contributed by atoms with Crippen LogP contribution in [0, 0.1) is 10.1 Å². The van der Waals surface area contributed by atoms with Crippen molar-refractivity contribution in [2.75, 3.05) is 0 Å². The molecular formula is C13H12N2O3. The average Bonchev–Trinajstić information content (AvgIpc) is 2.81. The van der Waals surface area contributed by atoms with Gasteiger partial charge in [0.2, 0.25) is 0 Å². The molecule has 0 aliphatic carbocycles. The summed E-state index contributed by atoms with van der Waals surface area (Å²) in [4.78, 5) is 24.0. The fourth-order valence-corrected chi connectivity index (χ4v) is 1.94. The molecule has 0 spiro atoms. The first kappa shape index (κ1) is 12.0. The number of rotatable bonds is 4. The van der Waals surface area contributed by atoms with Gasteiger partial charge < -0.3 is 4.98 Å². The predicted octanol–water partition coefficient (Wildman–Crippen LogP) is 2.96. The molecule has 2 aromatic rings. The van der Waals surface area contributed by atoms with Crippen molar-refractivity contribution in [3.8, 4) is 11.1 Å². The molecule has 5 nitrogen and oxygen atoms in total. The molecule has 0 fully saturated rings. The van der Waals surface area contributed by atoms with Crippen molar-refractivity contribution in [1.29, 1.82) is 0 Å². The molecule has 0 radical (unpaired) electrons. The molecule has 0 atom stereocenters. The first-order valence-electron chi connectivity index (χ1n) is 5.57. The molecule has 1 aromatic carbocycles. The third-order valence-corrected chi connectivity index (χ3v) is 2.86. The fraction of sp³-hybridized carbons (Fsp3) is 0.154. The molecule has 18 heavy (non-hydrogen) atoms. The quantitative estimate of drug-likeness (QED) is 0.510. The molecule has 1 aromatic heterocycles. The van der Waals surface area contributed by atoms with Crippen LogP contribution in [0.3, 0.4) is 0 Å². The van der Waals surface area contributed by atoms with Crippen LogP contribution in [0.25, 0.3) is 11.1 Å². The number of H-pyrrole nitrogens is 1. The highest BCUT2D eigenvalue weighted by Crippen LogP contribution is 2.28. The van der Waals surface area contributed by atoms with Crippen LogP contribution in [-0.2, 0) is 6.42 Å². The van der Waals surface area contributed by atoms with E-state index in [0.717, 1.165) is 29.4 Å². The van der Waals surface area contributed by atoms with Gasteiger partial charge in [0.15, 0.2) is 6.29 Å². The Morgan fingerprint density at radius 2 is 2.00 bits per heavy atom. The Kier molecular flexibility index (Phi) is 3.23. The molecule has 0 aliphatic rings. The summed E-state index contributed by atoms with van der Waals surface area (Å²) in [5.74, 6) is 0. The van der Waals surface area contributed by atoms with Gasteiger partial charge in [-0.25, -0.2) is 0 Å². The Bertz CT molecular complexity index is 585. The molecule has 2 rings (SSSR count). The third kappa shape index (κ3) is 2.02. The summed E-state index contributed by atoms with van der Waals surface area (Å²) in [6, 6.07) is 6.20. The summed E-state index contributed by atoms with van der Waals surface area (Å²) in [7, 11) is 0. The van der Waals surface area contributed by atoms with Gasteiger partial charge in [-0.05, 0) is 29.7 Å². The molecule has 0 unspecified atom stereocenters. The van der Waals surface area contributed by atoms with Gasteiger partial charge in [-0.15, -0.1) is 0 Å². The van der Waals surface area contributed by atoms with Crippen molar-refractivity contribution in [2.24, 2.45) is 0 Å². The van der Waals surface area contributed by atoms with Crippen LogP contribution in [0.1, 0.15) is 23.0 Å². The van der Waals surface area contributed by atoms with E-state index in [1.807, 2.05) is 6.92 Å². The number of hydrogen-bond donors (Lipinski definition) is 1. The van der Waals surface area contributed by atoms with Crippen molar-refractivity contribution in [2.45, 2.75) is 13.3 Å². The second-order valence-electron chi connectivity index (χ2n) is 3.88. The minimum atomic E-state index is -0.442. The maximum absolute atomic E-state index is 11.0. The summed E-state index contributed by atoms with van der Waals surface area (Å²) in [6.07, 6.45) is 3.34. The molecule has 1 N–H and O–H groups in total. The maximum Gasteiger partial charge on any atom is 0.269 e. The number of aromatic amines is 1. The van der Waals surface area contributed by atoms with Crippen molar-refractivity contribution in [1.82, 2.24) is 4.98 Å². The van der Waals surface area contributed by atoms with Crippen molar-refractivity contribution < 1.29 is 9.72 Å². The number of benzene rings is 1. The highest BCUT2D eigenvalue weighted by atomic mass is 16.6. The molecule has 0 saturated heterocycles. The molecule has 0 bridgehead atoms. The lowest BCUT2D eigenvalue weighted by Gasteiger charge is -2.03. The number of aromatic nitrogens is 1. The van der Waals surface area contributed by atoms with Crippen molar-refractivity contribution in [3.05, 3.63) is 51.8 Å².